The highest BCUT2D eigenvalue weighted by molar-refractivity contribution is 5.85. The van der Waals surface area contributed by atoms with Gasteiger partial charge in [-0.05, 0) is 36.3 Å². The van der Waals surface area contributed by atoms with E-state index < -0.39 is 0 Å². The van der Waals surface area contributed by atoms with Crippen molar-refractivity contribution in [1.29, 1.82) is 0 Å². The molecular formula is C22H29N3O2. The lowest BCUT2D eigenvalue weighted by Crippen LogP contribution is -2.20. The van der Waals surface area contributed by atoms with E-state index in [0.717, 1.165) is 17.6 Å². The Hall–Kier alpha value is -2.56. The molecule has 5 heteroatoms. The molecule has 0 spiro atoms. The Morgan fingerprint density at radius 2 is 1.70 bits per heavy atom. The van der Waals surface area contributed by atoms with Gasteiger partial charge in [0.1, 0.15) is 5.69 Å². The van der Waals surface area contributed by atoms with Crippen molar-refractivity contribution < 1.29 is 4.74 Å². The molecule has 0 unspecified atom stereocenters. The Morgan fingerprint density at radius 3 is 2.37 bits per heavy atom. The van der Waals surface area contributed by atoms with Gasteiger partial charge in [-0.1, -0.05) is 45.9 Å². The number of hydrogen-bond donors (Lipinski definition) is 2. The number of benzene rings is 1. The van der Waals surface area contributed by atoms with Crippen molar-refractivity contribution in [1.82, 2.24) is 15.0 Å². The third-order valence-electron chi connectivity index (χ3n) is 4.68. The molecule has 0 aliphatic rings. The van der Waals surface area contributed by atoms with Crippen LogP contribution in [0.3, 0.4) is 0 Å². The standard InChI is InChI=1S/C22H29N3O2/c1-13(2)10-18-16(15-8-6-7-9-17(15)23-18)12-20-22(27-5)25-19(11-14(3)4)21(26)24-20/h6-9,13-14,23H,10-12H2,1-5H3,(H,24,26). The highest BCUT2D eigenvalue weighted by Gasteiger charge is 2.18. The molecule has 1 aromatic carbocycles. The molecule has 0 amide bonds. The first kappa shape index (κ1) is 19.2. The number of aromatic amines is 2. The summed E-state index contributed by atoms with van der Waals surface area (Å²) in [5, 5.41) is 1.18. The zero-order valence-electron chi connectivity index (χ0n) is 16.8. The minimum atomic E-state index is -0.121. The first-order chi connectivity index (χ1) is 12.9. The minimum Gasteiger partial charge on any atom is -0.480 e. The molecule has 0 bridgehead atoms. The van der Waals surface area contributed by atoms with E-state index in [4.69, 9.17) is 4.74 Å². The predicted molar refractivity (Wildman–Crippen MR) is 110 cm³/mol. The smallest absolute Gasteiger partial charge is 0.270 e. The highest BCUT2D eigenvalue weighted by Crippen LogP contribution is 2.28. The van der Waals surface area contributed by atoms with E-state index in [1.165, 1.54) is 16.6 Å². The van der Waals surface area contributed by atoms with Crippen LogP contribution in [0.15, 0.2) is 29.1 Å². The first-order valence-electron chi connectivity index (χ1n) is 9.63. The number of aromatic nitrogens is 3. The van der Waals surface area contributed by atoms with E-state index in [1.54, 1.807) is 7.11 Å². The number of hydrogen-bond acceptors (Lipinski definition) is 3. The van der Waals surface area contributed by atoms with Gasteiger partial charge in [0.05, 0.1) is 12.8 Å². The van der Waals surface area contributed by atoms with E-state index in [9.17, 15) is 4.79 Å². The van der Waals surface area contributed by atoms with Crippen LogP contribution >= 0.6 is 0 Å². The van der Waals surface area contributed by atoms with Crippen molar-refractivity contribution in [2.45, 2.75) is 47.0 Å². The fraction of sp³-hybridized carbons (Fsp3) is 0.455. The van der Waals surface area contributed by atoms with E-state index in [0.29, 0.717) is 36.3 Å². The van der Waals surface area contributed by atoms with Crippen molar-refractivity contribution >= 4 is 10.9 Å². The predicted octanol–water partition coefficient (Wildman–Crippen LogP) is 4.25. The second-order valence-electron chi connectivity index (χ2n) is 8.00. The monoisotopic (exact) mass is 367 g/mol. The van der Waals surface area contributed by atoms with Crippen LogP contribution in [0.5, 0.6) is 5.88 Å². The van der Waals surface area contributed by atoms with Gasteiger partial charge in [0.15, 0.2) is 0 Å². The topological polar surface area (TPSA) is 70.8 Å². The maximum atomic E-state index is 12.5. The number of methoxy groups -OCH3 is 1. The number of rotatable bonds is 7. The Morgan fingerprint density at radius 1 is 1.00 bits per heavy atom. The lowest BCUT2D eigenvalue weighted by Gasteiger charge is -2.12. The van der Waals surface area contributed by atoms with Crippen molar-refractivity contribution in [2.75, 3.05) is 7.11 Å². The average molecular weight is 367 g/mol. The van der Waals surface area contributed by atoms with Crippen LogP contribution in [0.2, 0.25) is 0 Å². The molecule has 2 aromatic heterocycles. The summed E-state index contributed by atoms with van der Waals surface area (Å²) in [7, 11) is 1.60. The van der Waals surface area contributed by atoms with Crippen LogP contribution in [-0.2, 0) is 19.3 Å². The molecule has 27 heavy (non-hydrogen) atoms. The summed E-state index contributed by atoms with van der Waals surface area (Å²) in [5.74, 6) is 1.40. The first-order valence-corrected chi connectivity index (χ1v) is 9.63. The van der Waals surface area contributed by atoms with Crippen LogP contribution in [-0.4, -0.2) is 22.1 Å². The Kier molecular flexibility index (Phi) is 5.68. The summed E-state index contributed by atoms with van der Waals surface area (Å²) in [6.07, 6.45) is 2.17. The van der Waals surface area contributed by atoms with Gasteiger partial charge in [-0.3, -0.25) is 4.79 Å². The lowest BCUT2D eigenvalue weighted by atomic mass is 9.99. The van der Waals surface area contributed by atoms with E-state index in [-0.39, 0.29) is 5.56 Å². The summed E-state index contributed by atoms with van der Waals surface area (Å²) in [6, 6.07) is 8.29. The fourth-order valence-electron chi connectivity index (χ4n) is 3.53. The zero-order valence-corrected chi connectivity index (χ0v) is 16.8. The van der Waals surface area contributed by atoms with Gasteiger partial charge in [-0.25, -0.2) is 4.98 Å². The van der Waals surface area contributed by atoms with Crippen LogP contribution < -0.4 is 10.3 Å². The third kappa shape index (κ3) is 4.24. The summed E-state index contributed by atoms with van der Waals surface area (Å²) in [4.78, 5) is 23.6. The van der Waals surface area contributed by atoms with Gasteiger partial charge < -0.3 is 14.7 Å². The minimum absolute atomic E-state index is 0.121. The van der Waals surface area contributed by atoms with E-state index >= 15 is 0 Å². The molecule has 0 fully saturated rings. The fourth-order valence-corrected chi connectivity index (χ4v) is 3.53. The summed E-state index contributed by atoms with van der Waals surface area (Å²) in [6.45, 7) is 8.57. The molecule has 5 nitrogen and oxygen atoms in total. The molecule has 144 valence electrons. The zero-order chi connectivity index (χ0) is 19.6. The molecule has 0 aliphatic heterocycles. The molecule has 0 saturated carbocycles. The second-order valence-corrected chi connectivity index (χ2v) is 8.00. The molecule has 3 aromatic rings. The Bertz CT molecular complexity index is 983. The van der Waals surface area contributed by atoms with Gasteiger partial charge in [-0.2, -0.15) is 0 Å². The number of nitrogens with one attached hydrogen (secondary N) is 2. The Balaban J connectivity index is 2.06. The molecule has 0 radical (unpaired) electrons. The highest BCUT2D eigenvalue weighted by atomic mass is 16.5. The van der Waals surface area contributed by atoms with Gasteiger partial charge in [0.2, 0.25) is 5.88 Å². The van der Waals surface area contributed by atoms with Gasteiger partial charge >= 0.3 is 0 Å². The number of para-hydroxylation sites is 1. The third-order valence-corrected chi connectivity index (χ3v) is 4.68. The number of nitrogens with zero attached hydrogens (tertiary/aromatic N) is 1. The van der Waals surface area contributed by atoms with Gasteiger partial charge in [0, 0.05) is 23.0 Å². The molecule has 0 atom stereocenters. The molecule has 0 aliphatic carbocycles. The van der Waals surface area contributed by atoms with Crippen molar-refractivity contribution in [3.8, 4) is 5.88 Å². The van der Waals surface area contributed by atoms with Gasteiger partial charge in [0.25, 0.3) is 5.56 Å². The van der Waals surface area contributed by atoms with Crippen molar-refractivity contribution in [3.63, 3.8) is 0 Å². The summed E-state index contributed by atoms with van der Waals surface area (Å²) in [5.41, 5.74) is 4.67. The van der Waals surface area contributed by atoms with Crippen LogP contribution in [0, 0.1) is 11.8 Å². The maximum absolute atomic E-state index is 12.5. The summed E-state index contributed by atoms with van der Waals surface area (Å²) >= 11 is 0. The SMILES string of the molecule is COc1nc(CC(C)C)c(=O)[nH]c1Cc1c(CC(C)C)[nH]c2ccccc12. The second kappa shape index (κ2) is 7.99. The van der Waals surface area contributed by atoms with Crippen molar-refractivity contribution in [3.05, 3.63) is 57.3 Å². The van der Waals surface area contributed by atoms with Crippen LogP contribution in [0.1, 0.15) is 50.3 Å². The largest absolute Gasteiger partial charge is 0.480 e. The van der Waals surface area contributed by atoms with E-state index in [2.05, 4.69) is 54.8 Å². The molecule has 2 heterocycles. The number of fused-ring (bicyclic) bond motifs is 1. The Labute approximate surface area is 160 Å². The van der Waals surface area contributed by atoms with Crippen LogP contribution in [0.4, 0.5) is 0 Å². The number of H-pyrrole nitrogens is 2. The molecule has 0 saturated heterocycles. The lowest BCUT2D eigenvalue weighted by molar-refractivity contribution is 0.386. The number of ether oxygens (including phenoxy) is 1. The van der Waals surface area contributed by atoms with Gasteiger partial charge in [-0.15, -0.1) is 0 Å². The quantitative estimate of drug-likeness (QED) is 0.656. The molecule has 3 rings (SSSR count). The summed E-state index contributed by atoms with van der Waals surface area (Å²) < 4.78 is 5.51. The maximum Gasteiger partial charge on any atom is 0.270 e. The van der Waals surface area contributed by atoms with Crippen LogP contribution in [0.25, 0.3) is 10.9 Å². The van der Waals surface area contributed by atoms with Crippen molar-refractivity contribution in [2.24, 2.45) is 11.8 Å². The normalized spacial score (nSPS) is 11.7. The molecule has 2 N–H and O–H groups in total. The molecular weight excluding hydrogens is 338 g/mol. The average Bonchev–Trinajstić information content (AvgIpc) is 2.93. The van der Waals surface area contributed by atoms with E-state index in [1.807, 2.05) is 12.1 Å².